The number of anilines is 1. The van der Waals surface area contributed by atoms with Crippen molar-refractivity contribution < 1.29 is 4.74 Å². The summed E-state index contributed by atoms with van der Waals surface area (Å²) in [6, 6.07) is 0. The molecule has 2 aromatic rings. The van der Waals surface area contributed by atoms with Gasteiger partial charge in [0.15, 0.2) is 5.82 Å². The van der Waals surface area contributed by atoms with Crippen LogP contribution < -0.4 is 5.32 Å². The summed E-state index contributed by atoms with van der Waals surface area (Å²) in [5, 5.41) is 7.70. The van der Waals surface area contributed by atoms with Crippen molar-refractivity contribution >= 4 is 21.7 Å². The molecule has 0 bridgehead atoms. The molecule has 0 aromatic carbocycles. The topological polar surface area (TPSA) is 64.9 Å². The number of nitrogens with zero attached hydrogens (tertiary/aromatic N) is 4. The summed E-state index contributed by atoms with van der Waals surface area (Å²) in [6.45, 7) is 5.32. The largest absolute Gasteiger partial charge is 0.378 e. The van der Waals surface area contributed by atoms with E-state index in [4.69, 9.17) is 4.74 Å². The number of aromatic nitrogens is 4. The summed E-state index contributed by atoms with van der Waals surface area (Å²) in [5.41, 5.74) is 2.78. The summed E-state index contributed by atoms with van der Waals surface area (Å²) >= 11 is 3.54. The van der Waals surface area contributed by atoms with Crippen LogP contribution in [0.3, 0.4) is 0 Å². The second kappa shape index (κ2) is 7.00. The average molecular weight is 354 g/mol. The smallest absolute Gasteiger partial charge is 0.165 e. The maximum atomic E-state index is 5.23. The maximum Gasteiger partial charge on any atom is 0.165 e. The Morgan fingerprint density at radius 1 is 1.29 bits per heavy atom. The van der Waals surface area contributed by atoms with E-state index in [2.05, 4.69) is 43.2 Å². The van der Waals surface area contributed by atoms with E-state index in [1.807, 2.05) is 20.2 Å². The third kappa shape index (κ3) is 3.41. The predicted molar refractivity (Wildman–Crippen MR) is 86.2 cm³/mol. The lowest BCUT2D eigenvalue weighted by Crippen LogP contribution is -2.07. The van der Waals surface area contributed by atoms with Crippen molar-refractivity contribution in [1.82, 2.24) is 19.7 Å². The van der Waals surface area contributed by atoms with Gasteiger partial charge in [-0.05, 0) is 29.3 Å². The Kier molecular flexibility index (Phi) is 5.30. The van der Waals surface area contributed by atoms with E-state index in [0.29, 0.717) is 12.4 Å². The number of ether oxygens (including phenoxy) is 1. The van der Waals surface area contributed by atoms with Gasteiger partial charge < -0.3 is 10.1 Å². The highest BCUT2D eigenvalue weighted by molar-refractivity contribution is 9.10. The van der Waals surface area contributed by atoms with Crippen molar-refractivity contribution in [2.45, 2.75) is 26.9 Å². The van der Waals surface area contributed by atoms with Crippen LogP contribution in [0.4, 0.5) is 5.82 Å². The van der Waals surface area contributed by atoms with Crippen molar-refractivity contribution in [3.05, 3.63) is 22.1 Å². The molecule has 2 aromatic heterocycles. The van der Waals surface area contributed by atoms with Gasteiger partial charge in [0.1, 0.15) is 5.82 Å². The molecule has 0 saturated heterocycles. The third-order valence-electron chi connectivity index (χ3n) is 3.03. The number of aryl methyl sites for hydroxylation is 2. The van der Waals surface area contributed by atoms with Crippen LogP contribution in [0.25, 0.3) is 11.4 Å². The Hall–Kier alpha value is -1.47. The van der Waals surface area contributed by atoms with Gasteiger partial charge >= 0.3 is 0 Å². The van der Waals surface area contributed by atoms with Crippen LogP contribution in [-0.4, -0.2) is 33.4 Å². The molecular weight excluding hydrogens is 334 g/mol. The number of hydrogen-bond donors (Lipinski definition) is 1. The molecule has 6 nitrogen and oxygen atoms in total. The molecule has 2 rings (SSSR count). The molecular formula is C14H20BrN5O. The zero-order valence-corrected chi connectivity index (χ0v) is 14.4. The SMILES string of the molecule is CCNc1nc(-c2cn(C)nc2CC)nc(COC)c1Br. The lowest BCUT2D eigenvalue weighted by Gasteiger charge is -2.11. The van der Waals surface area contributed by atoms with Gasteiger partial charge in [-0.2, -0.15) is 5.10 Å². The van der Waals surface area contributed by atoms with Gasteiger partial charge in [-0.25, -0.2) is 9.97 Å². The highest BCUT2D eigenvalue weighted by Gasteiger charge is 2.17. The molecule has 0 unspecified atom stereocenters. The van der Waals surface area contributed by atoms with Crippen LogP contribution in [0.15, 0.2) is 10.7 Å². The van der Waals surface area contributed by atoms with Crippen LogP contribution in [-0.2, 0) is 24.8 Å². The Balaban J connectivity index is 2.56. The first kappa shape index (κ1) is 15.9. The van der Waals surface area contributed by atoms with Gasteiger partial charge in [0.25, 0.3) is 0 Å². The number of rotatable bonds is 6. The molecule has 0 amide bonds. The highest BCUT2D eigenvalue weighted by atomic mass is 79.9. The molecule has 1 N–H and O–H groups in total. The van der Waals surface area contributed by atoms with E-state index < -0.39 is 0 Å². The van der Waals surface area contributed by atoms with Crippen LogP contribution in [0.1, 0.15) is 25.2 Å². The van der Waals surface area contributed by atoms with Gasteiger partial charge in [-0.1, -0.05) is 6.92 Å². The minimum absolute atomic E-state index is 0.427. The lowest BCUT2D eigenvalue weighted by atomic mass is 10.2. The van der Waals surface area contributed by atoms with Crippen LogP contribution in [0.2, 0.25) is 0 Å². The van der Waals surface area contributed by atoms with Gasteiger partial charge in [0.2, 0.25) is 0 Å². The maximum absolute atomic E-state index is 5.23. The van der Waals surface area contributed by atoms with Gasteiger partial charge in [0, 0.05) is 26.9 Å². The molecule has 0 atom stereocenters. The summed E-state index contributed by atoms with van der Waals surface area (Å²) < 4.78 is 7.86. The zero-order chi connectivity index (χ0) is 15.4. The second-order valence-electron chi connectivity index (χ2n) is 4.64. The molecule has 21 heavy (non-hydrogen) atoms. The van der Waals surface area contributed by atoms with E-state index in [1.165, 1.54) is 0 Å². The molecule has 0 radical (unpaired) electrons. The first-order chi connectivity index (χ1) is 10.1. The molecule has 0 aliphatic rings. The Morgan fingerprint density at radius 2 is 2.05 bits per heavy atom. The summed E-state index contributed by atoms with van der Waals surface area (Å²) in [5.74, 6) is 1.45. The standard InChI is InChI=1S/C14H20BrN5O/c1-5-10-9(7-20(3)19-10)13-17-11(8-21-4)12(15)14(18-13)16-6-2/h7H,5-6,8H2,1-4H3,(H,16,17,18). The van der Waals surface area contributed by atoms with E-state index in [9.17, 15) is 0 Å². The quantitative estimate of drug-likeness (QED) is 0.864. The summed E-state index contributed by atoms with van der Waals surface area (Å²) in [4.78, 5) is 9.24. The predicted octanol–water partition coefficient (Wildman–Crippen LogP) is 2.78. The molecule has 7 heteroatoms. The Bertz CT molecular complexity index is 599. The van der Waals surface area contributed by atoms with Crippen LogP contribution in [0, 0.1) is 0 Å². The fourth-order valence-electron chi connectivity index (χ4n) is 2.11. The molecule has 0 saturated carbocycles. The number of hydrogen-bond acceptors (Lipinski definition) is 5. The molecule has 0 aliphatic carbocycles. The summed E-state index contributed by atoms with van der Waals surface area (Å²) in [6.07, 6.45) is 2.79. The number of halogens is 1. The molecule has 2 heterocycles. The Morgan fingerprint density at radius 3 is 2.67 bits per heavy atom. The lowest BCUT2D eigenvalue weighted by molar-refractivity contribution is 0.181. The summed E-state index contributed by atoms with van der Waals surface area (Å²) in [7, 11) is 3.56. The fourth-order valence-corrected chi connectivity index (χ4v) is 2.55. The molecule has 114 valence electrons. The van der Waals surface area contributed by atoms with Crippen LogP contribution in [0.5, 0.6) is 0 Å². The fraction of sp³-hybridized carbons (Fsp3) is 0.500. The average Bonchev–Trinajstić information content (AvgIpc) is 2.84. The van der Waals surface area contributed by atoms with Crippen molar-refractivity contribution in [3.63, 3.8) is 0 Å². The normalized spacial score (nSPS) is 10.9. The minimum Gasteiger partial charge on any atom is -0.378 e. The zero-order valence-electron chi connectivity index (χ0n) is 12.8. The van der Waals surface area contributed by atoms with Crippen molar-refractivity contribution in [2.75, 3.05) is 19.0 Å². The Labute approximate surface area is 133 Å². The first-order valence-corrected chi connectivity index (χ1v) is 7.72. The number of methoxy groups -OCH3 is 1. The monoisotopic (exact) mass is 353 g/mol. The third-order valence-corrected chi connectivity index (χ3v) is 3.86. The van der Waals surface area contributed by atoms with E-state index in [0.717, 1.165) is 40.2 Å². The van der Waals surface area contributed by atoms with Gasteiger partial charge in [0.05, 0.1) is 28.0 Å². The van der Waals surface area contributed by atoms with Crippen molar-refractivity contribution in [3.8, 4) is 11.4 Å². The minimum atomic E-state index is 0.427. The molecule has 0 spiro atoms. The van der Waals surface area contributed by atoms with Crippen molar-refractivity contribution in [2.24, 2.45) is 7.05 Å². The van der Waals surface area contributed by atoms with Gasteiger partial charge in [-0.3, -0.25) is 4.68 Å². The number of nitrogens with one attached hydrogen (secondary N) is 1. The van der Waals surface area contributed by atoms with Crippen LogP contribution >= 0.6 is 15.9 Å². The van der Waals surface area contributed by atoms with Gasteiger partial charge in [-0.15, -0.1) is 0 Å². The molecule has 0 fully saturated rings. The highest BCUT2D eigenvalue weighted by Crippen LogP contribution is 2.29. The van der Waals surface area contributed by atoms with E-state index >= 15 is 0 Å². The van der Waals surface area contributed by atoms with E-state index in [-0.39, 0.29) is 0 Å². The van der Waals surface area contributed by atoms with E-state index in [1.54, 1.807) is 11.8 Å². The first-order valence-electron chi connectivity index (χ1n) is 6.92. The second-order valence-corrected chi connectivity index (χ2v) is 5.43. The van der Waals surface area contributed by atoms with Crippen molar-refractivity contribution in [1.29, 1.82) is 0 Å². The molecule has 0 aliphatic heterocycles.